The second-order valence-corrected chi connectivity index (χ2v) is 8.58. The first-order valence-electron chi connectivity index (χ1n) is 10.8. The van der Waals surface area contributed by atoms with Crippen LogP contribution >= 0.6 is 0 Å². The van der Waals surface area contributed by atoms with Crippen LogP contribution in [0.1, 0.15) is 47.5 Å². The Labute approximate surface area is 188 Å². The molecule has 1 saturated carbocycles. The third-order valence-corrected chi connectivity index (χ3v) is 6.27. The predicted molar refractivity (Wildman–Crippen MR) is 110 cm³/mol. The fourth-order valence-corrected chi connectivity index (χ4v) is 4.39. The number of carbonyl (C=O) groups is 2. The Kier molecular flexibility index (Phi) is 6.44. The van der Waals surface area contributed by atoms with Crippen LogP contribution < -0.4 is 10.6 Å². The predicted octanol–water partition coefficient (Wildman–Crippen LogP) is 2.05. The zero-order valence-corrected chi connectivity index (χ0v) is 17.8. The molecule has 33 heavy (non-hydrogen) atoms. The molecular formula is C22H25F3N4O4. The van der Waals surface area contributed by atoms with Crippen LogP contribution in [-0.4, -0.2) is 58.5 Å². The largest absolute Gasteiger partial charge is 0.446 e. The Hall–Kier alpha value is -2.92. The maximum atomic E-state index is 12.8. The van der Waals surface area contributed by atoms with Crippen LogP contribution in [0.4, 0.5) is 13.2 Å². The molecule has 0 unspecified atom stereocenters. The number of hydrogen-bond acceptors (Lipinski definition) is 6. The summed E-state index contributed by atoms with van der Waals surface area (Å²) in [4.78, 5) is 30.5. The van der Waals surface area contributed by atoms with Gasteiger partial charge in [0.25, 0.3) is 5.91 Å². The van der Waals surface area contributed by atoms with Gasteiger partial charge < -0.3 is 20.2 Å². The van der Waals surface area contributed by atoms with Crippen molar-refractivity contribution in [2.24, 2.45) is 0 Å². The minimum atomic E-state index is -4.55. The van der Waals surface area contributed by atoms with Crippen molar-refractivity contribution in [3.8, 4) is 0 Å². The van der Waals surface area contributed by atoms with Gasteiger partial charge in [0.15, 0.2) is 0 Å². The van der Waals surface area contributed by atoms with Crippen molar-refractivity contribution in [1.29, 1.82) is 0 Å². The molecule has 0 atom stereocenters. The molecule has 2 aliphatic rings. The second-order valence-electron chi connectivity index (χ2n) is 8.58. The smallest absolute Gasteiger partial charge is 0.416 e. The molecule has 1 aliphatic carbocycles. The molecule has 1 aromatic carbocycles. The van der Waals surface area contributed by atoms with Crippen molar-refractivity contribution in [3.05, 3.63) is 53.7 Å². The fourth-order valence-electron chi connectivity index (χ4n) is 4.39. The summed E-state index contributed by atoms with van der Waals surface area (Å²) in [5.74, 6) is -0.795. The molecule has 11 heteroatoms. The number of carbonyl (C=O) groups excluding carboxylic acids is 2. The third-order valence-electron chi connectivity index (χ3n) is 6.27. The number of benzene rings is 1. The van der Waals surface area contributed by atoms with Gasteiger partial charge in [-0.25, -0.2) is 4.98 Å². The van der Waals surface area contributed by atoms with E-state index in [9.17, 15) is 27.9 Å². The average Bonchev–Trinajstić information content (AvgIpc) is 3.31. The molecule has 0 radical (unpaired) electrons. The van der Waals surface area contributed by atoms with Gasteiger partial charge in [0.1, 0.15) is 11.9 Å². The highest BCUT2D eigenvalue weighted by molar-refractivity contribution is 5.96. The number of alkyl halides is 3. The zero-order chi connectivity index (χ0) is 23.6. The van der Waals surface area contributed by atoms with Gasteiger partial charge in [0.05, 0.1) is 24.3 Å². The van der Waals surface area contributed by atoms with E-state index < -0.39 is 29.2 Å². The topological polar surface area (TPSA) is 108 Å². The number of nitrogens with one attached hydrogen (secondary N) is 2. The number of aromatic nitrogens is 1. The quantitative estimate of drug-likeness (QED) is 0.602. The number of rotatable bonds is 6. The molecule has 8 nitrogen and oxygen atoms in total. The molecule has 2 aromatic rings. The van der Waals surface area contributed by atoms with Crippen LogP contribution in [0.3, 0.4) is 0 Å². The van der Waals surface area contributed by atoms with E-state index in [0.717, 1.165) is 31.0 Å². The Balaban J connectivity index is 1.17. The third kappa shape index (κ3) is 5.36. The van der Waals surface area contributed by atoms with Crippen molar-refractivity contribution >= 4 is 11.8 Å². The molecule has 1 aromatic heterocycles. The molecular weight excluding hydrogens is 441 g/mol. The summed E-state index contributed by atoms with van der Waals surface area (Å²) in [6.45, 7) is 1.00. The number of hydrogen-bond donors (Lipinski definition) is 3. The van der Waals surface area contributed by atoms with E-state index in [-0.39, 0.29) is 18.2 Å². The van der Waals surface area contributed by atoms with Gasteiger partial charge >= 0.3 is 6.18 Å². The van der Waals surface area contributed by atoms with Gasteiger partial charge in [0, 0.05) is 24.7 Å². The summed E-state index contributed by atoms with van der Waals surface area (Å²) in [5.41, 5.74) is -2.11. The number of aliphatic hydroxyl groups is 1. The van der Waals surface area contributed by atoms with Crippen molar-refractivity contribution in [3.63, 3.8) is 0 Å². The van der Waals surface area contributed by atoms with E-state index in [4.69, 9.17) is 4.42 Å². The van der Waals surface area contributed by atoms with E-state index >= 15 is 0 Å². The number of oxazole rings is 1. The van der Waals surface area contributed by atoms with E-state index in [1.54, 1.807) is 0 Å². The van der Waals surface area contributed by atoms with Gasteiger partial charge in [-0.1, -0.05) is 6.07 Å². The molecule has 0 spiro atoms. The first-order chi connectivity index (χ1) is 15.6. The molecule has 2 amide bonds. The normalized spacial score (nSPS) is 24.2. The molecule has 3 N–H and O–H groups in total. The summed E-state index contributed by atoms with van der Waals surface area (Å²) in [5, 5.41) is 15.9. The molecule has 2 heterocycles. The van der Waals surface area contributed by atoms with E-state index in [1.165, 1.54) is 18.5 Å². The van der Waals surface area contributed by atoms with Gasteiger partial charge in [0.2, 0.25) is 11.8 Å². The zero-order valence-electron chi connectivity index (χ0n) is 17.8. The molecule has 2 fully saturated rings. The van der Waals surface area contributed by atoms with Gasteiger partial charge in [-0.05, 0) is 43.9 Å². The molecule has 0 bridgehead atoms. The van der Waals surface area contributed by atoms with Crippen LogP contribution in [0.2, 0.25) is 0 Å². The Morgan fingerprint density at radius 3 is 2.61 bits per heavy atom. The summed E-state index contributed by atoms with van der Waals surface area (Å²) in [6.07, 6.45) is 1.09. The SMILES string of the molecule is O=C(CNC(=O)c1cccc(C(F)(F)F)c1)NC1CN(C2CCC(O)(c3ncco3)CC2)C1. The maximum absolute atomic E-state index is 12.8. The first kappa shape index (κ1) is 23.2. The lowest BCUT2D eigenvalue weighted by atomic mass is 9.80. The van der Waals surface area contributed by atoms with Gasteiger partial charge in [-0.3, -0.25) is 14.5 Å². The van der Waals surface area contributed by atoms with Crippen molar-refractivity contribution < 1.29 is 32.3 Å². The fraction of sp³-hybridized carbons (Fsp3) is 0.500. The van der Waals surface area contributed by atoms with Crippen LogP contribution in [0.25, 0.3) is 0 Å². The molecule has 178 valence electrons. The van der Waals surface area contributed by atoms with Crippen LogP contribution in [0, 0.1) is 0 Å². The molecule has 1 saturated heterocycles. The lowest BCUT2D eigenvalue weighted by molar-refractivity contribution is -0.137. The Morgan fingerprint density at radius 2 is 1.97 bits per heavy atom. The minimum absolute atomic E-state index is 0.0597. The van der Waals surface area contributed by atoms with E-state index in [2.05, 4.69) is 20.5 Å². The standard InChI is InChI=1S/C22H25F3N4O4/c23-22(24,25)15-3-1-2-14(10-15)19(31)27-11-18(30)28-16-12-29(13-16)17-4-6-21(32,7-5-17)20-26-8-9-33-20/h1-3,8-10,16-17,32H,4-7,11-13H2,(H,27,31)(H,28,30). The summed E-state index contributed by atoms with van der Waals surface area (Å²) in [6, 6.07) is 4.29. The highest BCUT2D eigenvalue weighted by atomic mass is 19.4. The van der Waals surface area contributed by atoms with Crippen LogP contribution in [0.5, 0.6) is 0 Å². The van der Waals surface area contributed by atoms with Crippen molar-refractivity contribution in [2.75, 3.05) is 19.6 Å². The lowest BCUT2D eigenvalue weighted by Gasteiger charge is -2.47. The first-order valence-corrected chi connectivity index (χ1v) is 10.8. The maximum Gasteiger partial charge on any atom is 0.416 e. The van der Waals surface area contributed by atoms with Crippen molar-refractivity contribution in [2.45, 2.75) is 49.5 Å². The molecule has 1 aliphatic heterocycles. The van der Waals surface area contributed by atoms with E-state index in [1.807, 2.05) is 0 Å². The average molecular weight is 466 g/mol. The second kappa shape index (κ2) is 9.14. The van der Waals surface area contributed by atoms with Crippen LogP contribution in [0.15, 0.2) is 41.1 Å². The summed E-state index contributed by atoms with van der Waals surface area (Å²) >= 11 is 0. The number of halogens is 3. The monoisotopic (exact) mass is 466 g/mol. The number of likely N-dealkylation sites (tertiary alicyclic amines) is 1. The Morgan fingerprint density at radius 1 is 1.24 bits per heavy atom. The number of amides is 2. The van der Waals surface area contributed by atoms with Crippen LogP contribution in [-0.2, 0) is 16.6 Å². The lowest BCUT2D eigenvalue weighted by Crippen LogP contribution is -2.63. The highest BCUT2D eigenvalue weighted by Gasteiger charge is 2.42. The molecule has 4 rings (SSSR count). The van der Waals surface area contributed by atoms with Gasteiger partial charge in [-0.15, -0.1) is 0 Å². The number of nitrogens with zero attached hydrogens (tertiary/aromatic N) is 2. The van der Waals surface area contributed by atoms with E-state index in [0.29, 0.717) is 37.9 Å². The Bertz CT molecular complexity index is 982. The van der Waals surface area contributed by atoms with Crippen molar-refractivity contribution in [1.82, 2.24) is 20.5 Å². The summed E-state index contributed by atoms with van der Waals surface area (Å²) < 4.78 is 43.6. The minimum Gasteiger partial charge on any atom is -0.446 e. The highest BCUT2D eigenvalue weighted by Crippen LogP contribution is 2.38. The van der Waals surface area contributed by atoms with Gasteiger partial charge in [-0.2, -0.15) is 13.2 Å². The summed E-state index contributed by atoms with van der Waals surface area (Å²) in [7, 11) is 0.